The summed E-state index contributed by atoms with van der Waals surface area (Å²) in [4.78, 5) is 21.8. The van der Waals surface area contributed by atoms with Crippen LogP contribution in [0.2, 0.25) is 0 Å². The van der Waals surface area contributed by atoms with E-state index in [1.165, 1.54) is 12.3 Å². The second kappa shape index (κ2) is 9.34. The number of hydrogen-bond donors (Lipinski definition) is 1. The van der Waals surface area contributed by atoms with Crippen LogP contribution in [0.3, 0.4) is 0 Å². The SMILES string of the molecule is CCc1nc2cnc(N3CCNCC3)cn2c1N(C)c1nccc(-c2ccc(F)cc2C(F)(F)F)n1. The van der Waals surface area contributed by atoms with Gasteiger partial charge in [-0.15, -0.1) is 0 Å². The molecule has 0 radical (unpaired) electrons. The van der Waals surface area contributed by atoms with Gasteiger partial charge in [0.1, 0.15) is 17.5 Å². The number of aryl methyl sites for hydroxylation is 1. The molecule has 1 N–H and O–H groups in total. The summed E-state index contributed by atoms with van der Waals surface area (Å²) in [6.07, 6.45) is 0.878. The normalized spacial score (nSPS) is 14.4. The van der Waals surface area contributed by atoms with E-state index in [0.717, 1.165) is 49.8 Å². The van der Waals surface area contributed by atoms with Crippen molar-refractivity contribution < 1.29 is 17.6 Å². The monoisotopic (exact) mass is 500 g/mol. The zero-order valence-electron chi connectivity index (χ0n) is 19.7. The third kappa shape index (κ3) is 4.43. The van der Waals surface area contributed by atoms with E-state index < -0.39 is 17.6 Å². The molecule has 5 rings (SSSR count). The van der Waals surface area contributed by atoms with E-state index >= 15 is 0 Å². The molecule has 8 nitrogen and oxygen atoms in total. The van der Waals surface area contributed by atoms with Crippen molar-refractivity contribution in [1.82, 2.24) is 29.7 Å². The van der Waals surface area contributed by atoms with Gasteiger partial charge in [-0.25, -0.2) is 24.3 Å². The van der Waals surface area contributed by atoms with Crippen molar-refractivity contribution in [2.24, 2.45) is 0 Å². The molecule has 1 fully saturated rings. The Morgan fingerprint density at radius 3 is 2.58 bits per heavy atom. The van der Waals surface area contributed by atoms with Gasteiger partial charge in [0.25, 0.3) is 0 Å². The van der Waals surface area contributed by atoms with Crippen molar-refractivity contribution >= 4 is 23.2 Å². The summed E-state index contributed by atoms with van der Waals surface area (Å²) in [6.45, 7) is 5.34. The lowest BCUT2D eigenvalue weighted by molar-refractivity contribution is -0.137. The summed E-state index contributed by atoms with van der Waals surface area (Å²) in [5.74, 6) is 0.708. The molecule has 36 heavy (non-hydrogen) atoms. The van der Waals surface area contributed by atoms with Gasteiger partial charge in [-0.05, 0) is 30.7 Å². The number of hydrogen-bond acceptors (Lipinski definition) is 7. The van der Waals surface area contributed by atoms with Gasteiger partial charge >= 0.3 is 6.18 Å². The van der Waals surface area contributed by atoms with Gasteiger partial charge in [-0.1, -0.05) is 6.92 Å². The average Bonchev–Trinajstić information content (AvgIpc) is 3.26. The van der Waals surface area contributed by atoms with Crippen LogP contribution in [0, 0.1) is 5.82 Å². The fourth-order valence-electron chi connectivity index (χ4n) is 4.36. The fraction of sp³-hybridized carbons (Fsp3) is 0.333. The van der Waals surface area contributed by atoms with Crippen LogP contribution in [-0.4, -0.2) is 57.6 Å². The van der Waals surface area contributed by atoms with E-state index in [2.05, 4.69) is 30.2 Å². The number of benzene rings is 1. The molecule has 1 aromatic carbocycles. The summed E-state index contributed by atoms with van der Waals surface area (Å²) < 4.78 is 56.4. The average molecular weight is 501 g/mol. The Bertz CT molecular complexity index is 1390. The van der Waals surface area contributed by atoms with Gasteiger partial charge in [0.2, 0.25) is 5.95 Å². The maximum absolute atomic E-state index is 13.6. The first-order valence-electron chi connectivity index (χ1n) is 11.5. The van der Waals surface area contributed by atoms with Crippen LogP contribution in [0.5, 0.6) is 0 Å². The lowest BCUT2D eigenvalue weighted by atomic mass is 10.0. The molecule has 1 aliphatic heterocycles. The molecular formula is C24H24F4N8. The summed E-state index contributed by atoms with van der Waals surface area (Å²) in [5, 5.41) is 3.32. The van der Waals surface area contributed by atoms with Crippen molar-refractivity contribution in [2.45, 2.75) is 19.5 Å². The van der Waals surface area contributed by atoms with Crippen LogP contribution >= 0.6 is 0 Å². The van der Waals surface area contributed by atoms with Crippen LogP contribution < -0.4 is 15.1 Å². The minimum Gasteiger partial charge on any atom is -0.353 e. The Kier molecular flexibility index (Phi) is 6.20. The molecular weight excluding hydrogens is 476 g/mol. The highest BCUT2D eigenvalue weighted by atomic mass is 19.4. The molecule has 188 valence electrons. The fourth-order valence-corrected chi connectivity index (χ4v) is 4.36. The predicted molar refractivity (Wildman–Crippen MR) is 128 cm³/mol. The lowest BCUT2D eigenvalue weighted by Crippen LogP contribution is -2.44. The van der Waals surface area contributed by atoms with E-state index in [4.69, 9.17) is 0 Å². The molecule has 0 atom stereocenters. The number of piperazine rings is 1. The van der Waals surface area contributed by atoms with Gasteiger partial charge < -0.3 is 10.2 Å². The highest BCUT2D eigenvalue weighted by molar-refractivity contribution is 5.68. The van der Waals surface area contributed by atoms with Gasteiger partial charge in [-0.3, -0.25) is 9.30 Å². The molecule has 1 aliphatic rings. The quantitative estimate of drug-likeness (QED) is 0.414. The largest absolute Gasteiger partial charge is 0.417 e. The van der Waals surface area contributed by atoms with Crippen LogP contribution in [0.1, 0.15) is 18.2 Å². The minimum absolute atomic E-state index is 0.0363. The Morgan fingerprint density at radius 1 is 1.08 bits per heavy atom. The van der Waals surface area contributed by atoms with Gasteiger partial charge in [0, 0.05) is 45.0 Å². The van der Waals surface area contributed by atoms with Crippen LogP contribution in [0.15, 0.2) is 42.9 Å². The van der Waals surface area contributed by atoms with Crippen molar-refractivity contribution in [1.29, 1.82) is 0 Å². The summed E-state index contributed by atoms with van der Waals surface area (Å²) >= 11 is 0. The number of nitrogens with zero attached hydrogens (tertiary/aromatic N) is 7. The Hall–Kier alpha value is -3.80. The molecule has 0 amide bonds. The molecule has 0 bridgehead atoms. The van der Waals surface area contributed by atoms with Crippen molar-refractivity contribution in [3.8, 4) is 11.3 Å². The number of fused-ring (bicyclic) bond motifs is 1. The number of halogens is 4. The Balaban J connectivity index is 1.58. The van der Waals surface area contributed by atoms with Crippen LogP contribution in [-0.2, 0) is 12.6 Å². The number of rotatable bonds is 5. The predicted octanol–water partition coefficient (Wildman–Crippen LogP) is 4.08. The van der Waals surface area contributed by atoms with Crippen LogP contribution in [0.4, 0.5) is 35.1 Å². The van der Waals surface area contributed by atoms with E-state index in [1.807, 2.05) is 17.5 Å². The maximum atomic E-state index is 13.6. The molecule has 0 spiro atoms. The Morgan fingerprint density at radius 2 is 1.86 bits per heavy atom. The number of alkyl halides is 3. The second-order valence-corrected chi connectivity index (χ2v) is 8.43. The van der Waals surface area contributed by atoms with Crippen LogP contribution in [0.25, 0.3) is 16.9 Å². The zero-order valence-corrected chi connectivity index (χ0v) is 19.7. The summed E-state index contributed by atoms with van der Waals surface area (Å²) in [5.41, 5.74) is 0.130. The molecule has 4 heterocycles. The van der Waals surface area contributed by atoms with E-state index in [0.29, 0.717) is 24.0 Å². The third-order valence-corrected chi connectivity index (χ3v) is 6.14. The molecule has 4 aromatic rings. The Labute approximate surface area is 204 Å². The number of imidazole rings is 1. The summed E-state index contributed by atoms with van der Waals surface area (Å²) in [7, 11) is 1.74. The number of aromatic nitrogens is 5. The molecule has 3 aromatic heterocycles. The third-order valence-electron chi connectivity index (χ3n) is 6.14. The standard InChI is InChI=1S/C24H24F4N8/c1-3-18-22(36-14-21(31-13-20(36)32-18)35-10-8-29-9-11-35)34(2)23-30-7-6-19(33-23)16-5-4-15(25)12-17(16)24(26,27)28/h4-7,12-14,29H,3,8-11H2,1-2H3. The molecule has 0 unspecified atom stereocenters. The zero-order chi connectivity index (χ0) is 25.4. The van der Waals surface area contributed by atoms with E-state index in [-0.39, 0.29) is 17.2 Å². The summed E-state index contributed by atoms with van der Waals surface area (Å²) in [6, 6.07) is 3.92. The molecule has 1 saturated heterocycles. The number of nitrogens with one attached hydrogen (secondary N) is 1. The highest BCUT2D eigenvalue weighted by Crippen LogP contribution is 2.37. The first kappa shape index (κ1) is 23.9. The van der Waals surface area contributed by atoms with E-state index in [9.17, 15) is 17.6 Å². The van der Waals surface area contributed by atoms with Gasteiger partial charge in [0.15, 0.2) is 5.65 Å². The molecule has 0 aliphatic carbocycles. The smallest absolute Gasteiger partial charge is 0.353 e. The van der Waals surface area contributed by atoms with Crippen molar-refractivity contribution in [2.75, 3.05) is 43.0 Å². The van der Waals surface area contributed by atoms with Gasteiger partial charge in [-0.2, -0.15) is 13.2 Å². The first-order chi connectivity index (χ1) is 17.3. The minimum atomic E-state index is -4.74. The van der Waals surface area contributed by atoms with Crippen molar-refractivity contribution in [3.63, 3.8) is 0 Å². The topological polar surface area (TPSA) is 74.5 Å². The molecule has 12 heteroatoms. The van der Waals surface area contributed by atoms with E-state index in [1.54, 1.807) is 18.1 Å². The highest BCUT2D eigenvalue weighted by Gasteiger charge is 2.34. The molecule has 0 saturated carbocycles. The second-order valence-electron chi connectivity index (χ2n) is 8.43. The maximum Gasteiger partial charge on any atom is 0.417 e. The number of anilines is 3. The van der Waals surface area contributed by atoms with Gasteiger partial charge in [0.05, 0.1) is 29.3 Å². The van der Waals surface area contributed by atoms with Crippen molar-refractivity contribution in [3.05, 3.63) is 59.9 Å². The first-order valence-corrected chi connectivity index (χ1v) is 11.5. The lowest BCUT2D eigenvalue weighted by Gasteiger charge is -2.28.